The molecule has 0 aromatic heterocycles. The van der Waals surface area contributed by atoms with E-state index in [-0.39, 0.29) is 5.56 Å². The molecule has 2 amide bonds. The van der Waals surface area contributed by atoms with E-state index < -0.39 is 28.2 Å². The maximum atomic E-state index is 11.9. The van der Waals surface area contributed by atoms with Gasteiger partial charge in [0.05, 0.1) is 11.1 Å². The Balaban J connectivity index is 2.00. The molecule has 0 saturated heterocycles. The van der Waals surface area contributed by atoms with E-state index in [4.69, 9.17) is 0 Å². The maximum absolute atomic E-state index is 11.9. The van der Waals surface area contributed by atoms with Gasteiger partial charge in [0.25, 0.3) is 0 Å². The Morgan fingerprint density at radius 2 is 1.92 bits per heavy atom. The molecule has 3 N–H and O–H groups in total. The molecule has 26 heavy (non-hydrogen) atoms. The van der Waals surface area contributed by atoms with Crippen LogP contribution in [0.1, 0.15) is 16.7 Å². The van der Waals surface area contributed by atoms with E-state index in [1.165, 1.54) is 6.07 Å². The third-order valence-corrected chi connectivity index (χ3v) is 3.63. The lowest BCUT2D eigenvalue weighted by Gasteiger charge is -2.09. The van der Waals surface area contributed by atoms with Crippen molar-refractivity contribution < 1.29 is 19.6 Å². The lowest BCUT2D eigenvalue weighted by molar-refractivity contribution is -0.385. The molecule has 0 spiro atoms. The number of hydrogen-bond acceptors (Lipinski definition) is 6. The van der Waals surface area contributed by atoms with Crippen molar-refractivity contribution >= 4 is 29.4 Å². The number of rotatable bonds is 4. The van der Waals surface area contributed by atoms with Crippen LogP contribution in [-0.4, -0.2) is 28.1 Å². The van der Waals surface area contributed by atoms with Crippen molar-refractivity contribution in [2.24, 2.45) is 5.10 Å². The number of carbonyl (C=O) groups excluding carboxylic acids is 2. The lowest BCUT2D eigenvalue weighted by atomic mass is 10.1. The molecule has 0 aliphatic rings. The summed E-state index contributed by atoms with van der Waals surface area (Å²) in [6, 6.07) is 8.90. The average molecular weight is 356 g/mol. The van der Waals surface area contributed by atoms with Gasteiger partial charge in [-0.15, -0.1) is 0 Å². The second-order valence-electron chi connectivity index (χ2n) is 5.41. The quantitative estimate of drug-likeness (QED) is 0.333. The number of phenols is 1. The number of nitro groups is 1. The highest BCUT2D eigenvalue weighted by Crippen LogP contribution is 2.25. The van der Waals surface area contributed by atoms with Crippen LogP contribution in [-0.2, 0) is 9.59 Å². The number of hydrazone groups is 1. The van der Waals surface area contributed by atoms with E-state index in [0.717, 1.165) is 29.5 Å². The van der Waals surface area contributed by atoms with Crippen LogP contribution in [0.3, 0.4) is 0 Å². The zero-order chi connectivity index (χ0) is 19.3. The van der Waals surface area contributed by atoms with Crippen LogP contribution in [0.4, 0.5) is 11.4 Å². The van der Waals surface area contributed by atoms with Crippen molar-refractivity contribution in [2.45, 2.75) is 13.8 Å². The van der Waals surface area contributed by atoms with Gasteiger partial charge in [0.15, 0.2) is 5.75 Å². The Bertz CT molecular complexity index is 908. The number of amides is 2. The summed E-state index contributed by atoms with van der Waals surface area (Å²) in [7, 11) is 0. The largest absolute Gasteiger partial charge is 0.502 e. The number of nitro benzene ring substituents is 1. The fourth-order valence-electron chi connectivity index (χ4n) is 2.05. The summed E-state index contributed by atoms with van der Waals surface area (Å²) in [4.78, 5) is 33.7. The number of anilines is 1. The number of benzene rings is 2. The summed E-state index contributed by atoms with van der Waals surface area (Å²) in [6.45, 7) is 3.70. The highest BCUT2D eigenvalue weighted by atomic mass is 16.6. The zero-order valence-corrected chi connectivity index (χ0v) is 14.0. The minimum absolute atomic E-state index is 0.268. The summed E-state index contributed by atoms with van der Waals surface area (Å²) in [5.41, 5.74) is 4.14. The first-order valence-electron chi connectivity index (χ1n) is 7.47. The highest BCUT2D eigenvalue weighted by Gasteiger charge is 2.15. The van der Waals surface area contributed by atoms with Gasteiger partial charge >= 0.3 is 17.5 Å². The van der Waals surface area contributed by atoms with E-state index in [0.29, 0.717) is 5.69 Å². The van der Waals surface area contributed by atoms with E-state index in [9.17, 15) is 24.8 Å². The van der Waals surface area contributed by atoms with E-state index >= 15 is 0 Å². The van der Waals surface area contributed by atoms with Gasteiger partial charge in [0.2, 0.25) is 0 Å². The first-order chi connectivity index (χ1) is 12.3. The SMILES string of the molecule is Cc1cccc(NC(=O)C(=O)N/N=C\c2ccc(O)c([N+](=O)[O-])c2)c1C. The van der Waals surface area contributed by atoms with Gasteiger partial charge in [0.1, 0.15) is 0 Å². The van der Waals surface area contributed by atoms with E-state index in [1.807, 2.05) is 25.3 Å². The molecule has 2 rings (SSSR count). The molecule has 0 aliphatic heterocycles. The molecule has 0 heterocycles. The molecule has 2 aromatic rings. The third kappa shape index (κ3) is 4.41. The van der Waals surface area contributed by atoms with Gasteiger partial charge in [-0.25, -0.2) is 5.43 Å². The molecule has 9 nitrogen and oxygen atoms in total. The van der Waals surface area contributed by atoms with Gasteiger partial charge < -0.3 is 10.4 Å². The maximum Gasteiger partial charge on any atom is 0.329 e. The predicted octanol–water partition coefficient (Wildman–Crippen LogP) is 2.01. The third-order valence-electron chi connectivity index (χ3n) is 3.63. The molecule has 0 fully saturated rings. The first kappa shape index (κ1) is 18.6. The topological polar surface area (TPSA) is 134 Å². The van der Waals surface area contributed by atoms with Crippen molar-refractivity contribution in [3.63, 3.8) is 0 Å². The summed E-state index contributed by atoms with van der Waals surface area (Å²) < 4.78 is 0. The van der Waals surface area contributed by atoms with Gasteiger partial charge in [0, 0.05) is 17.3 Å². The first-order valence-corrected chi connectivity index (χ1v) is 7.47. The molecule has 0 bridgehead atoms. The predicted molar refractivity (Wildman–Crippen MR) is 95.0 cm³/mol. The van der Waals surface area contributed by atoms with Gasteiger partial charge in [-0.3, -0.25) is 19.7 Å². The van der Waals surface area contributed by atoms with Crippen LogP contribution in [0.2, 0.25) is 0 Å². The number of nitrogens with zero attached hydrogens (tertiary/aromatic N) is 2. The molecule has 0 unspecified atom stereocenters. The Morgan fingerprint density at radius 1 is 1.19 bits per heavy atom. The Labute approximate surface area is 148 Å². The van der Waals surface area contributed by atoms with Crippen molar-refractivity contribution in [2.75, 3.05) is 5.32 Å². The molecule has 134 valence electrons. The second-order valence-corrected chi connectivity index (χ2v) is 5.41. The lowest BCUT2D eigenvalue weighted by Crippen LogP contribution is -2.32. The molecule has 0 saturated carbocycles. The van der Waals surface area contributed by atoms with Crippen LogP contribution < -0.4 is 10.7 Å². The summed E-state index contributed by atoms with van der Waals surface area (Å²) >= 11 is 0. The minimum Gasteiger partial charge on any atom is -0.502 e. The van der Waals surface area contributed by atoms with Crippen molar-refractivity contribution in [1.29, 1.82) is 0 Å². The Morgan fingerprint density at radius 3 is 2.62 bits per heavy atom. The second kappa shape index (κ2) is 7.88. The molecule has 2 aromatic carbocycles. The average Bonchev–Trinajstić information content (AvgIpc) is 2.60. The normalized spacial score (nSPS) is 10.5. The zero-order valence-electron chi connectivity index (χ0n) is 14.0. The number of aryl methyl sites for hydroxylation is 1. The monoisotopic (exact) mass is 356 g/mol. The van der Waals surface area contributed by atoms with E-state index in [1.54, 1.807) is 12.1 Å². The fourth-order valence-corrected chi connectivity index (χ4v) is 2.05. The standard InChI is InChI=1S/C17H16N4O5/c1-10-4-3-5-13(11(10)2)19-16(23)17(24)20-18-9-12-6-7-15(22)14(8-12)21(25)26/h3-9,22H,1-2H3,(H,19,23)(H,20,24)/b18-9-. The van der Waals surface area contributed by atoms with Crippen LogP contribution in [0, 0.1) is 24.0 Å². The smallest absolute Gasteiger partial charge is 0.329 e. The number of aromatic hydroxyl groups is 1. The van der Waals surface area contributed by atoms with Crippen LogP contribution >= 0.6 is 0 Å². The minimum atomic E-state index is -0.990. The number of hydrogen-bond donors (Lipinski definition) is 3. The molecule has 0 radical (unpaired) electrons. The Kier molecular flexibility index (Phi) is 5.63. The highest BCUT2D eigenvalue weighted by molar-refractivity contribution is 6.39. The number of phenolic OH excluding ortho intramolecular Hbond substituents is 1. The van der Waals surface area contributed by atoms with Crippen LogP contribution in [0.25, 0.3) is 0 Å². The number of nitrogens with one attached hydrogen (secondary N) is 2. The van der Waals surface area contributed by atoms with Gasteiger partial charge in [-0.2, -0.15) is 5.10 Å². The van der Waals surface area contributed by atoms with Gasteiger partial charge in [-0.05, 0) is 43.2 Å². The molecular weight excluding hydrogens is 340 g/mol. The van der Waals surface area contributed by atoms with Gasteiger partial charge in [-0.1, -0.05) is 12.1 Å². The summed E-state index contributed by atoms with van der Waals surface area (Å²) in [6.07, 6.45) is 1.12. The molecule has 9 heteroatoms. The van der Waals surface area contributed by atoms with Crippen molar-refractivity contribution in [3.05, 3.63) is 63.2 Å². The summed E-state index contributed by atoms with van der Waals surface area (Å²) in [5.74, 6) is -2.37. The summed E-state index contributed by atoms with van der Waals surface area (Å²) in [5, 5.41) is 26.2. The van der Waals surface area contributed by atoms with Crippen LogP contribution in [0.15, 0.2) is 41.5 Å². The van der Waals surface area contributed by atoms with Crippen molar-refractivity contribution in [1.82, 2.24) is 5.43 Å². The number of carbonyl (C=O) groups is 2. The van der Waals surface area contributed by atoms with Crippen LogP contribution in [0.5, 0.6) is 5.75 Å². The molecule has 0 atom stereocenters. The molecule has 0 aliphatic carbocycles. The van der Waals surface area contributed by atoms with Crippen molar-refractivity contribution in [3.8, 4) is 5.75 Å². The van der Waals surface area contributed by atoms with E-state index in [2.05, 4.69) is 10.4 Å². The molecular formula is C17H16N4O5. The fraction of sp³-hybridized carbons (Fsp3) is 0.118. The Hall–Kier alpha value is -3.75.